The van der Waals surface area contributed by atoms with Gasteiger partial charge in [-0.15, -0.1) is 11.3 Å². The summed E-state index contributed by atoms with van der Waals surface area (Å²) in [5.41, 5.74) is 1.28. The lowest BCUT2D eigenvalue weighted by atomic mass is 9.97. The highest BCUT2D eigenvalue weighted by atomic mass is 32.2. The normalized spacial score (nSPS) is 16.8. The summed E-state index contributed by atoms with van der Waals surface area (Å²) in [6, 6.07) is 0. The predicted molar refractivity (Wildman–Crippen MR) is 120 cm³/mol. The maximum atomic E-state index is 13.5. The van der Waals surface area contributed by atoms with Crippen LogP contribution in [-0.2, 0) is 29.0 Å². The minimum Gasteiger partial charge on any atom is -0.309 e. The molecule has 0 radical (unpaired) electrons. The summed E-state index contributed by atoms with van der Waals surface area (Å²) < 4.78 is 1.81. The Morgan fingerprint density at radius 2 is 1.77 bits per heavy atom. The van der Waals surface area contributed by atoms with Gasteiger partial charge in [0.25, 0.3) is 5.56 Å². The quantitative estimate of drug-likeness (QED) is 0.351. The average molecular weight is 449 g/mol. The van der Waals surface area contributed by atoms with Crippen molar-refractivity contribution < 1.29 is 9.59 Å². The van der Waals surface area contributed by atoms with Gasteiger partial charge in [0.1, 0.15) is 4.83 Å². The lowest BCUT2D eigenvalue weighted by Gasteiger charge is -2.16. The number of fused-ring (bicyclic) bond motifs is 3. The molecule has 0 saturated carbocycles. The zero-order valence-electron chi connectivity index (χ0n) is 17.6. The minimum absolute atomic E-state index is 0.0639. The van der Waals surface area contributed by atoms with Gasteiger partial charge in [-0.05, 0) is 58.3 Å². The number of rotatable bonds is 8. The van der Waals surface area contributed by atoms with Crippen molar-refractivity contribution in [3.05, 3.63) is 20.8 Å². The van der Waals surface area contributed by atoms with Gasteiger partial charge in [-0.1, -0.05) is 11.8 Å². The zero-order valence-corrected chi connectivity index (χ0v) is 19.2. The Morgan fingerprint density at radius 1 is 1.03 bits per heavy atom. The maximum absolute atomic E-state index is 13.5. The third-order valence-electron chi connectivity index (χ3n) is 5.73. The number of amides is 2. The second-order valence-electron chi connectivity index (χ2n) is 8.19. The topological polar surface area (TPSA) is 75.5 Å². The molecule has 0 N–H and O–H groups in total. The van der Waals surface area contributed by atoms with E-state index in [-0.39, 0.29) is 17.4 Å². The number of aromatic nitrogens is 2. The zero-order chi connectivity index (χ0) is 21.3. The first-order chi connectivity index (χ1) is 14.5. The first-order valence-corrected chi connectivity index (χ1v) is 12.4. The number of carbonyl (C=O) groups is 2. The average Bonchev–Trinajstić information content (AvgIpc) is 3.24. The van der Waals surface area contributed by atoms with Gasteiger partial charge in [-0.3, -0.25) is 23.9 Å². The van der Waals surface area contributed by atoms with Crippen LogP contribution >= 0.6 is 23.1 Å². The molecule has 0 bridgehead atoms. The Balaban J connectivity index is 1.61. The van der Waals surface area contributed by atoms with E-state index in [0.29, 0.717) is 36.8 Å². The number of imide groups is 1. The molecule has 0 unspecified atom stereocenters. The Morgan fingerprint density at radius 3 is 2.50 bits per heavy atom. The first-order valence-electron chi connectivity index (χ1n) is 10.6. The molecular formula is C21H28N4O3S2. The number of thioether (sulfide) groups is 1. The largest absolute Gasteiger partial charge is 0.309 e. The van der Waals surface area contributed by atoms with E-state index in [1.807, 2.05) is 18.7 Å². The molecule has 30 heavy (non-hydrogen) atoms. The molecule has 0 atom stereocenters. The van der Waals surface area contributed by atoms with Gasteiger partial charge in [-0.25, -0.2) is 4.98 Å². The van der Waals surface area contributed by atoms with E-state index in [9.17, 15) is 14.4 Å². The minimum atomic E-state index is -0.0988. The van der Waals surface area contributed by atoms with E-state index in [4.69, 9.17) is 4.98 Å². The van der Waals surface area contributed by atoms with Crippen molar-refractivity contribution in [3.63, 3.8) is 0 Å². The molecule has 1 saturated heterocycles. The number of likely N-dealkylation sites (tertiary alicyclic amines) is 1. The van der Waals surface area contributed by atoms with Crippen LogP contribution in [0, 0.1) is 0 Å². The molecule has 4 rings (SSSR count). The van der Waals surface area contributed by atoms with Gasteiger partial charge in [0, 0.05) is 36.6 Å². The number of hydrogen-bond acceptors (Lipinski definition) is 7. The number of nitrogens with zero attached hydrogens (tertiary/aromatic N) is 4. The van der Waals surface area contributed by atoms with Crippen LogP contribution in [-0.4, -0.2) is 64.1 Å². The van der Waals surface area contributed by atoms with Crippen molar-refractivity contribution in [1.82, 2.24) is 19.4 Å². The SMILES string of the molecule is CN(C)CCCn1c(SCCN2C(=O)CCC2=O)nc2sc3c(c2c1=O)CCCC3. The summed E-state index contributed by atoms with van der Waals surface area (Å²) in [4.78, 5) is 47.7. The fourth-order valence-corrected chi connectivity index (χ4v) is 6.42. The molecule has 7 nitrogen and oxygen atoms in total. The molecule has 0 spiro atoms. The molecule has 0 aromatic carbocycles. The fraction of sp³-hybridized carbons (Fsp3) is 0.619. The number of thiophene rings is 1. The molecule has 2 aliphatic rings. The number of hydrogen-bond donors (Lipinski definition) is 0. The van der Waals surface area contributed by atoms with Crippen molar-refractivity contribution in [3.8, 4) is 0 Å². The second-order valence-corrected chi connectivity index (χ2v) is 10.3. The van der Waals surface area contributed by atoms with Crippen molar-refractivity contribution in [2.45, 2.75) is 56.6 Å². The third-order valence-corrected chi connectivity index (χ3v) is 7.87. The van der Waals surface area contributed by atoms with E-state index in [2.05, 4.69) is 4.90 Å². The first kappa shape index (κ1) is 21.5. The lowest BCUT2D eigenvalue weighted by molar-refractivity contribution is -0.137. The highest BCUT2D eigenvalue weighted by Crippen LogP contribution is 2.34. The molecule has 1 fully saturated rings. The summed E-state index contributed by atoms with van der Waals surface area (Å²) >= 11 is 3.13. The summed E-state index contributed by atoms with van der Waals surface area (Å²) in [6.07, 6.45) is 5.80. The smallest absolute Gasteiger partial charge is 0.263 e. The van der Waals surface area contributed by atoms with Crippen LogP contribution in [0.2, 0.25) is 0 Å². The molecular weight excluding hydrogens is 420 g/mol. The van der Waals surface area contributed by atoms with E-state index in [1.165, 1.54) is 33.5 Å². The van der Waals surface area contributed by atoms with E-state index >= 15 is 0 Å². The lowest BCUT2D eigenvalue weighted by Crippen LogP contribution is -2.31. The van der Waals surface area contributed by atoms with Gasteiger partial charge >= 0.3 is 0 Å². The van der Waals surface area contributed by atoms with Crippen LogP contribution in [0.25, 0.3) is 10.2 Å². The van der Waals surface area contributed by atoms with Gasteiger partial charge in [-0.2, -0.15) is 0 Å². The Labute approximate surface area is 184 Å². The van der Waals surface area contributed by atoms with Crippen LogP contribution in [0.15, 0.2) is 9.95 Å². The third kappa shape index (κ3) is 4.33. The van der Waals surface area contributed by atoms with E-state index in [0.717, 1.165) is 42.4 Å². The van der Waals surface area contributed by atoms with Crippen molar-refractivity contribution in [2.75, 3.05) is 32.9 Å². The van der Waals surface area contributed by atoms with Crippen LogP contribution < -0.4 is 5.56 Å². The Kier molecular flexibility index (Phi) is 6.60. The van der Waals surface area contributed by atoms with Crippen molar-refractivity contribution in [2.24, 2.45) is 0 Å². The van der Waals surface area contributed by atoms with Crippen molar-refractivity contribution >= 4 is 45.1 Å². The van der Waals surface area contributed by atoms with Gasteiger partial charge in [0.15, 0.2) is 5.16 Å². The summed E-state index contributed by atoms with van der Waals surface area (Å²) in [5, 5.41) is 1.51. The van der Waals surface area contributed by atoms with Crippen molar-refractivity contribution in [1.29, 1.82) is 0 Å². The van der Waals surface area contributed by atoms with Gasteiger partial charge in [0.2, 0.25) is 11.8 Å². The van der Waals surface area contributed by atoms with Crippen LogP contribution in [0.4, 0.5) is 0 Å². The van der Waals surface area contributed by atoms with Gasteiger partial charge < -0.3 is 4.90 Å². The monoisotopic (exact) mass is 448 g/mol. The fourth-order valence-electron chi connectivity index (χ4n) is 4.17. The Bertz CT molecular complexity index is 1010. The Hall–Kier alpha value is -1.71. The summed E-state index contributed by atoms with van der Waals surface area (Å²) in [6.45, 7) is 1.89. The molecule has 162 valence electrons. The molecule has 9 heteroatoms. The number of aryl methyl sites for hydroxylation is 2. The van der Waals surface area contributed by atoms with Crippen LogP contribution in [0.3, 0.4) is 0 Å². The van der Waals surface area contributed by atoms with E-state index in [1.54, 1.807) is 11.3 Å². The number of carbonyl (C=O) groups excluding carboxylic acids is 2. The molecule has 2 aromatic rings. The molecule has 1 aliphatic carbocycles. The van der Waals surface area contributed by atoms with Gasteiger partial charge in [0.05, 0.1) is 5.39 Å². The summed E-state index contributed by atoms with van der Waals surface area (Å²) in [5.74, 6) is 0.352. The maximum Gasteiger partial charge on any atom is 0.263 e. The molecule has 2 amide bonds. The summed E-state index contributed by atoms with van der Waals surface area (Å²) in [7, 11) is 4.05. The van der Waals surface area contributed by atoms with E-state index < -0.39 is 0 Å². The second kappa shape index (κ2) is 9.20. The highest BCUT2D eigenvalue weighted by Gasteiger charge is 2.28. The molecule has 3 heterocycles. The highest BCUT2D eigenvalue weighted by molar-refractivity contribution is 7.99. The standard InChI is InChI=1S/C21H28N4O3S2/c1-23(2)10-5-11-25-20(28)18-14-6-3-4-7-15(14)30-19(18)22-21(25)29-13-12-24-16(26)8-9-17(24)27/h3-13H2,1-2H3. The molecule has 1 aliphatic heterocycles. The predicted octanol–water partition coefficient (Wildman–Crippen LogP) is 2.53. The van der Waals surface area contributed by atoms with Crippen LogP contribution in [0.5, 0.6) is 0 Å². The van der Waals surface area contributed by atoms with Crippen LogP contribution in [0.1, 0.15) is 42.5 Å². The molecule has 2 aromatic heterocycles.